The molecule has 1 saturated heterocycles. The van der Waals surface area contributed by atoms with Crippen molar-refractivity contribution >= 4 is 11.9 Å². The summed E-state index contributed by atoms with van der Waals surface area (Å²) in [5.74, 6) is 0.253. The fourth-order valence-electron chi connectivity index (χ4n) is 3.17. The van der Waals surface area contributed by atoms with Crippen LogP contribution in [0.3, 0.4) is 0 Å². The molecule has 0 aliphatic carbocycles. The van der Waals surface area contributed by atoms with Gasteiger partial charge in [0.15, 0.2) is 5.76 Å². The second kappa shape index (κ2) is 8.24. The number of benzene rings is 1. The molecule has 0 radical (unpaired) electrons. The van der Waals surface area contributed by atoms with E-state index in [1.54, 1.807) is 39.0 Å². The molecule has 0 bridgehead atoms. The number of amides is 3. The normalized spacial score (nSPS) is 14.3. The van der Waals surface area contributed by atoms with Crippen molar-refractivity contribution in [1.82, 2.24) is 14.7 Å². The molecule has 144 valence electrons. The van der Waals surface area contributed by atoms with Crippen LogP contribution in [-0.4, -0.2) is 65.9 Å². The zero-order chi connectivity index (χ0) is 19.4. The third-order valence-corrected chi connectivity index (χ3v) is 4.82. The Kier molecular flexibility index (Phi) is 5.78. The Morgan fingerprint density at radius 3 is 2.15 bits per heavy atom. The van der Waals surface area contributed by atoms with Gasteiger partial charge in [-0.3, -0.25) is 4.79 Å². The van der Waals surface area contributed by atoms with Crippen molar-refractivity contribution in [3.63, 3.8) is 0 Å². The van der Waals surface area contributed by atoms with Crippen LogP contribution in [0.1, 0.15) is 24.4 Å². The van der Waals surface area contributed by atoms with Crippen molar-refractivity contribution in [2.45, 2.75) is 13.8 Å². The smallest absolute Gasteiger partial charge is 0.320 e. The minimum atomic E-state index is -0.321. The fraction of sp³-hybridized carbons (Fsp3) is 0.400. The molecule has 0 atom stereocenters. The summed E-state index contributed by atoms with van der Waals surface area (Å²) in [6.07, 6.45) is 0. The van der Waals surface area contributed by atoms with Crippen LogP contribution in [0.5, 0.6) is 0 Å². The SMILES string of the molecule is CCN(CC)C(=O)N1CCN(C(=O)c2ccc(-c3ccc(F)cc3)o2)CC1. The van der Waals surface area contributed by atoms with E-state index in [0.29, 0.717) is 50.6 Å². The Balaban J connectivity index is 1.61. The maximum Gasteiger partial charge on any atom is 0.320 e. The Bertz CT molecular complexity index is 791. The molecule has 0 saturated carbocycles. The first-order valence-electron chi connectivity index (χ1n) is 9.22. The van der Waals surface area contributed by atoms with Gasteiger partial charge in [-0.15, -0.1) is 0 Å². The van der Waals surface area contributed by atoms with Gasteiger partial charge in [-0.1, -0.05) is 0 Å². The van der Waals surface area contributed by atoms with Gasteiger partial charge in [-0.25, -0.2) is 9.18 Å². The molecule has 0 spiro atoms. The van der Waals surface area contributed by atoms with Crippen LogP contribution in [0, 0.1) is 5.82 Å². The molecule has 7 heteroatoms. The van der Waals surface area contributed by atoms with Gasteiger partial charge in [-0.2, -0.15) is 0 Å². The molecule has 0 unspecified atom stereocenters. The number of nitrogens with zero attached hydrogens (tertiary/aromatic N) is 3. The molecule has 3 rings (SSSR count). The summed E-state index contributed by atoms with van der Waals surface area (Å²) in [6.45, 7) is 7.21. The summed E-state index contributed by atoms with van der Waals surface area (Å²) in [6, 6.07) is 9.29. The highest BCUT2D eigenvalue weighted by Crippen LogP contribution is 2.23. The van der Waals surface area contributed by atoms with Crippen molar-refractivity contribution < 1.29 is 18.4 Å². The van der Waals surface area contributed by atoms with Gasteiger partial charge in [0.1, 0.15) is 11.6 Å². The molecule has 3 amide bonds. The van der Waals surface area contributed by atoms with E-state index in [1.165, 1.54) is 12.1 Å². The maximum atomic E-state index is 13.0. The third-order valence-electron chi connectivity index (χ3n) is 4.82. The van der Waals surface area contributed by atoms with E-state index in [2.05, 4.69) is 0 Å². The van der Waals surface area contributed by atoms with Crippen molar-refractivity contribution in [3.8, 4) is 11.3 Å². The number of carbonyl (C=O) groups is 2. The lowest BCUT2D eigenvalue weighted by molar-refractivity contribution is 0.0613. The number of furan rings is 1. The van der Waals surface area contributed by atoms with Crippen molar-refractivity contribution in [2.75, 3.05) is 39.3 Å². The first kappa shape index (κ1) is 18.9. The monoisotopic (exact) mass is 373 g/mol. The highest BCUT2D eigenvalue weighted by Gasteiger charge is 2.28. The second-order valence-electron chi connectivity index (χ2n) is 6.40. The minimum Gasteiger partial charge on any atom is -0.451 e. The molecule has 2 aromatic rings. The Labute approximate surface area is 158 Å². The van der Waals surface area contributed by atoms with Gasteiger partial charge in [0.05, 0.1) is 0 Å². The highest BCUT2D eigenvalue weighted by molar-refractivity contribution is 5.92. The second-order valence-corrected chi connectivity index (χ2v) is 6.40. The lowest BCUT2D eigenvalue weighted by Crippen LogP contribution is -2.54. The number of hydrogen-bond donors (Lipinski definition) is 0. The lowest BCUT2D eigenvalue weighted by atomic mass is 10.2. The molecule has 6 nitrogen and oxygen atoms in total. The van der Waals surface area contributed by atoms with Crippen LogP contribution in [-0.2, 0) is 0 Å². The van der Waals surface area contributed by atoms with Crippen LogP contribution in [0.15, 0.2) is 40.8 Å². The molecule has 0 N–H and O–H groups in total. The predicted octanol–water partition coefficient (Wildman–Crippen LogP) is 3.31. The van der Waals surface area contributed by atoms with Gasteiger partial charge in [0.2, 0.25) is 0 Å². The quantitative estimate of drug-likeness (QED) is 0.826. The van der Waals surface area contributed by atoms with Crippen LogP contribution in [0.25, 0.3) is 11.3 Å². The van der Waals surface area contributed by atoms with Crippen molar-refractivity contribution in [1.29, 1.82) is 0 Å². The summed E-state index contributed by atoms with van der Waals surface area (Å²) >= 11 is 0. The zero-order valence-electron chi connectivity index (χ0n) is 15.7. The van der Waals surface area contributed by atoms with E-state index in [1.807, 2.05) is 13.8 Å². The number of piperazine rings is 1. The average Bonchev–Trinajstić information content (AvgIpc) is 3.19. The summed E-state index contributed by atoms with van der Waals surface area (Å²) in [5.41, 5.74) is 0.713. The molecule has 27 heavy (non-hydrogen) atoms. The molecule has 1 aliphatic heterocycles. The molecular formula is C20H24FN3O3. The highest BCUT2D eigenvalue weighted by atomic mass is 19.1. The molecule has 1 fully saturated rings. The van der Waals surface area contributed by atoms with E-state index in [9.17, 15) is 14.0 Å². The fourth-order valence-corrected chi connectivity index (χ4v) is 3.17. The topological polar surface area (TPSA) is 57.0 Å². The van der Waals surface area contributed by atoms with E-state index in [-0.39, 0.29) is 23.5 Å². The van der Waals surface area contributed by atoms with Gasteiger partial charge in [0, 0.05) is 44.8 Å². The zero-order valence-corrected chi connectivity index (χ0v) is 15.7. The Morgan fingerprint density at radius 2 is 1.56 bits per heavy atom. The van der Waals surface area contributed by atoms with Crippen LogP contribution >= 0.6 is 0 Å². The number of urea groups is 1. The van der Waals surface area contributed by atoms with E-state index >= 15 is 0 Å². The van der Waals surface area contributed by atoms with Gasteiger partial charge >= 0.3 is 6.03 Å². The summed E-state index contributed by atoms with van der Waals surface area (Å²) in [5, 5.41) is 0. The van der Waals surface area contributed by atoms with Crippen LogP contribution in [0.4, 0.5) is 9.18 Å². The Hall–Kier alpha value is -2.83. The minimum absolute atomic E-state index is 0.0173. The number of carbonyl (C=O) groups excluding carboxylic acids is 2. The van der Waals surface area contributed by atoms with E-state index < -0.39 is 0 Å². The number of halogens is 1. The van der Waals surface area contributed by atoms with Crippen molar-refractivity contribution in [2.24, 2.45) is 0 Å². The summed E-state index contributed by atoms with van der Waals surface area (Å²) in [4.78, 5) is 30.3. The van der Waals surface area contributed by atoms with Crippen LogP contribution in [0.2, 0.25) is 0 Å². The largest absolute Gasteiger partial charge is 0.451 e. The standard InChI is InChI=1S/C20H24FN3O3/c1-3-22(4-2)20(26)24-13-11-23(12-14-24)19(25)18-10-9-17(27-18)15-5-7-16(21)8-6-15/h5-10H,3-4,11-14H2,1-2H3. The van der Waals surface area contributed by atoms with E-state index in [4.69, 9.17) is 4.42 Å². The summed E-state index contributed by atoms with van der Waals surface area (Å²) in [7, 11) is 0. The van der Waals surface area contributed by atoms with Crippen LogP contribution < -0.4 is 0 Å². The molecule has 1 aromatic carbocycles. The van der Waals surface area contributed by atoms with E-state index in [0.717, 1.165) is 0 Å². The van der Waals surface area contributed by atoms with Gasteiger partial charge in [-0.05, 0) is 50.2 Å². The van der Waals surface area contributed by atoms with Crippen molar-refractivity contribution in [3.05, 3.63) is 48.0 Å². The molecular weight excluding hydrogens is 349 g/mol. The lowest BCUT2D eigenvalue weighted by Gasteiger charge is -2.36. The first-order chi connectivity index (χ1) is 13.0. The molecule has 2 heterocycles. The molecule has 1 aliphatic rings. The first-order valence-corrected chi connectivity index (χ1v) is 9.22. The maximum absolute atomic E-state index is 13.0. The molecule has 1 aromatic heterocycles. The van der Waals surface area contributed by atoms with Gasteiger partial charge in [0.25, 0.3) is 5.91 Å². The van der Waals surface area contributed by atoms with Gasteiger partial charge < -0.3 is 19.1 Å². The summed E-state index contributed by atoms with van der Waals surface area (Å²) < 4.78 is 18.7. The average molecular weight is 373 g/mol. The number of rotatable bonds is 4. The predicted molar refractivity (Wildman–Crippen MR) is 99.9 cm³/mol. The third kappa shape index (κ3) is 4.13. The number of hydrogen-bond acceptors (Lipinski definition) is 3. The Morgan fingerprint density at radius 1 is 0.963 bits per heavy atom.